The highest BCUT2D eigenvalue weighted by atomic mass is 16.5. The number of nitrogens with zero attached hydrogens (tertiary/aromatic N) is 1. The van der Waals surface area contributed by atoms with Crippen LogP contribution in [0, 0.1) is 5.92 Å². The van der Waals surface area contributed by atoms with E-state index in [1.807, 2.05) is 12.1 Å². The molecule has 1 aromatic carbocycles. The Bertz CT molecular complexity index is 539. The fraction of sp³-hybridized carbons (Fsp3) is 0.529. The van der Waals surface area contributed by atoms with Gasteiger partial charge in [0.2, 0.25) is 5.91 Å². The molecule has 2 rings (SSSR count). The summed E-state index contributed by atoms with van der Waals surface area (Å²) in [7, 11) is 3.36. The number of ether oxygens (including phenoxy) is 1. The van der Waals surface area contributed by atoms with E-state index in [0.717, 1.165) is 18.4 Å². The van der Waals surface area contributed by atoms with Gasteiger partial charge in [-0.15, -0.1) is 0 Å². The zero-order valence-corrected chi connectivity index (χ0v) is 13.7. The maximum Gasteiger partial charge on any atom is 0.251 e. The second kappa shape index (κ2) is 8.08. The average Bonchev–Trinajstić information content (AvgIpc) is 2.61. The van der Waals surface area contributed by atoms with Gasteiger partial charge < -0.3 is 20.7 Å². The molecule has 23 heavy (non-hydrogen) atoms. The van der Waals surface area contributed by atoms with Crippen LogP contribution in [0.2, 0.25) is 0 Å². The molecule has 1 saturated heterocycles. The van der Waals surface area contributed by atoms with Crippen LogP contribution in [0.4, 0.5) is 0 Å². The lowest BCUT2D eigenvalue weighted by molar-refractivity contribution is -0.133. The molecule has 1 unspecified atom stereocenters. The van der Waals surface area contributed by atoms with Crippen molar-refractivity contribution in [3.63, 3.8) is 0 Å². The Balaban J connectivity index is 1.93. The first kappa shape index (κ1) is 17.4. The lowest BCUT2D eigenvalue weighted by Crippen LogP contribution is -2.47. The number of likely N-dealkylation sites (N-methyl/N-ethyl adjacent to an activating group) is 1. The van der Waals surface area contributed by atoms with E-state index in [0.29, 0.717) is 25.3 Å². The van der Waals surface area contributed by atoms with Gasteiger partial charge in [-0.25, -0.2) is 0 Å². The highest BCUT2D eigenvalue weighted by molar-refractivity contribution is 5.93. The van der Waals surface area contributed by atoms with E-state index in [1.165, 1.54) is 0 Å². The molecule has 3 N–H and O–H groups in total. The van der Waals surface area contributed by atoms with Gasteiger partial charge in [0.1, 0.15) is 0 Å². The van der Waals surface area contributed by atoms with Gasteiger partial charge in [-0.2, -0.15) is 0 Å². The quantitative estimate of drug-likeness (QED) is 0.839. The second-order valence-electron chi connectivity index (χ2n) is 5.95. The van der Waals surface area contributed by atoms with Crippen LogP contribution in [0.25, 0.3) is 0 Å². The summed E-state index contributed by atoms with van der Waals surface area (Å²) in [5.41, 5.74) is 7.70. The molecule has 6 heteroatoms. The first-order valence-electron chi connectivity index (χ1n) is 7.92. The summed E-state index contributed by atoms with van der Waals surface area (Å²) in [6, 6.07) is 6.74. The van der Waals surface area contributed by atoms with Gasteiger partial charge in [0.05, 0.1) is 6.04 Å². The third-order valence-electron chi connectivity index (χ3n) is 4.30. The standard InChI is InChI=1S/C17H25N3O3/c1-19-16(21)14-5-3-12(4-6-14)11-20(2)17(22)15(18)13-7-9-23-10-8-13/h3-6,13,15H,7-11,18H2,1-2H3,(H,19,21). The Labute approximate surface area is 137 Å². The van der Waals surface area contributed by atoms with Crippen LogP contribution in [0.1, 0.15) is 28.8 Å². The van der Waals surface area contributed by atoms with E-state index in [2.05, 4.69) is 5.32 Å². The van der Waals surface area contributed by atoms with Gasteiger partial charge >= 0.3 is 0 Å². The van der Waals surface area contributed by atoms with Gasteiger partial charge in [0, 0.05) is 39.4 Å². The predicted octanol–water partition coefficient (Wildman–Crippen LogP) is 0.758. The lowest BCUT2D eigenvalue weighted by atomic mass is 9.91. The molecule has 6 nitrogen and oxygen atoms in total. The number of rotatable bonds is 5. The van der Waals surface area contributed by atoms with Crippen molar-refractivity contribution in [1.82, 2.24) is 10.2 Å². The fourth-order valence-electron chi connectivity index (χ4n) is 2.79. The summed E-state index contributed by atoms with van der Waals surface area (Å²) < 4.78 is 5.31. The molecule has 0 radical (unpaired) electrons. The topological polar surface area (TPSA) is 84.7 Å². The van der Waals surface area contributed by atoms with Crippen LogP contribution in [0.5, 0.6) is 0 Å². The van der Waals surface area contributed by atoms with Crippen LogP contribution < -0.4 is 11.1 Å². The Morgan fingerprint density at radius 1 is 1.30 bits per heavy atom. The van der Waals surface area contributed by atoms with Crippen molar-refractivity contribution < 1.29 is 14.3 Å². The number of benzene rings is 1. The summed E-state index contributed by atoms with van der Waals surface area (Å²) in [4.78, 5) is 25.6. The second-order valence-corrected chi connectivity index (χ2v) is 5.95. The molecule has 1 aromatic rings. The normalized spacial score (nSPS) is 16.7. The molecule has 126 valence electrons. The maximum atomic E-state index is 12.5. The number of carbonyl (C=O) groups is 2. The molecular formula is C17H25N3O3. The molecule has 0 aromatic heterocycles. The smallest absolute Gasteiger partial charge is 0.251 e. The first-order chi connectivity index (χ1) is 11.0. The molecule has 0 spiro atoms. The minimum Gasteiger partial charge on any atom is -0.381 e. The van der Waals surface area contributed by atoms with Crippen molar-refractivity contribution in [3.8, 4) is 0 Å². The Hall–Kier alpha value is -1.92. The summed E-state index contributed by atoms with van der Waals surface area (Å²) in [6.45, 7) is 1.83. The predicted molar refractivity (Wildman–Crippen MR) is 87.8 cm³/mol. The Morgan fingerprint density at radius 2 is 1.91 bits per heavy atom. The van der Waals surface area contributed by atoms with Crippen LogP contribution in [0.3, 0.4) is 0 Å². The van der Waals surface area contributed by atoms with Gasteiger partial charge in [0.25, 0.3) is 5.91 Å². The molecule has 0 saturated carbocycles. The largest absolute Gasteiger partial charge is 0.381 e. The highest BCUT2D eigenvalue weighted by Gasteiger charge is 2.28. The first-order valence-corrected chi connectivity index (χ1v) is 7.92. The van der Waals surface area contributed by atoms with Crippen LogP contribution in [-0.2, 0) is 16.1 Å². The minimum absolute atomic E-state index is 0.0488. The number of amides is 2. The Morgan fingerprint density at radius 3 is 2.48 bits per heavy atom. The third-order valence-corrected chi connectivity index (χ3v) is 4.30. The van der Waals surface area contributed by atoms with Gasteiger partial charge in [-0.1, -0.05) is 12.1 Å². The van der Waals surface area contributed by atoms with Crippen molar-refractivity contribution >= 4 is 11.8 Å². The summed E-state index contributed by atoms with van der Waals surface area (Å²) in [6.07, 6.45) is 1.67. The molecule has 1 atom stereocenters. The Kier molecular flexibility index (Phi) is 6.12. The third kappa shape index (κ3) is 4.53. The van der Waals surface area contributed by atoms with E-state index in [1.54, 1.807) is 31.1 Å². The summed E-state index contributed by atoms with van der Waals surface area (Å²) in [5, 5.41) is 2.58. The monoisotopic (exact) mass is 319 g/mol. The number of nitrogens with two attached hydrogens (primary N) is 1. The molecule has 0 bridgehead atoms. The molecular weight excluding hydrogens is 294 g/mol. The summed E-state index contributed by atoms with van der Waals surface area (Å²) >= 11 is 0. The van der Waals surface area contributed by atoms with Crippen LogP contribution in [0.15, 0.2) is 24.3 Å². The molecule has 2 amide bonds. The number of hydrogen-bond acceptors (Lipinski definition) is 4. The molecule has 1 aliphatic heterocycles. The van der Waals surface area contributed by atoms with Crippen molar-refractivity contribution in [2.75, 3.05) is 27.3 Å². The zero-order chi connectivity index (χ0) is 16.8. The molecule has 1 heterocycles. The van der Waals surface area contributed by atoms with E-state index >= 15 is 0 Å². The van der Waals surface area contributed by atoms with Crippen molar-refractivity contribution in [1.29, 1.82) is 0 Å². The number of carbonyl (C=O) groups excluding carboxylic acids is 2. The van der Waals surface area contributed by atoms with Crippen molar-refractivity contribution in [3.05, 3.63) is 35.4 Å². The lowest BCUT2D eigenvalue weighted by Gasteiger charge is -2.29. The van der Waals surface area contributed by atoms with E-state index in [-0.39, 0.29) is 17.7 Å². The minimum atomic E-state index is -0.478. The van der Waals surface area contributed by atoms with Gasteiger partial charge in [-0.05, 0) is 36.5 Å². The van der Waals surface area contributed by atoms with Crippen LogP contribution >= 0.6 is 0 Å². The van der Waals surface area contributed by atoms with Gasteiger partial charge in [0.15, 0.2) is 0 Å². The van der Waals surface area contributed by atoms with Crippen molar-refractivity contribution in [2.45, 2.75) is 25.4 Å². The molecule has 1 aliphatic rings. The number of nitrogens with one attached hydrogen (secondary N) is 1. The summed E-state index contributed by atoms with van der Waals surface area (Å²) in [5.74, 6) is 0.0177. The highest BCUT2D eigenvalue weighted by Crippen LogP contribution is 2.19. The average molecular weight is 319 g/mol. The fourth-order valence-corrected chi connectivity index (χ4v) is 2.79. The van der Waals surface area contributed by atoms with E-state index in [9.17, 15) is 9.59 Å². The SMILES string of the molecule is CNC(=O)c1ccc(CN(C)C(=O)C(N)C2CCOCC2)cc1. The molecule has 0 aliphatic carbocycles. The van der Waals surface area contributed by atoms with E-state index in [4.69, 9.17) is 10.5 Å². The van der Waals surface area contributed by atoms with E-state index < -0.39 is 6.04 Å². The van der Waals surface area contributed by atoms with Gasteiger partial charge in [-0.3, -0.25) is 9.59 Å². The van der Waals surface area contributed by atoms with Crippen LogP contribution in [-0.4, -0.2) is 50.1 Å². The maximum absolute atomic E-state index is 12.5. The molecule has 1 fully saturated rings. The van der Waals surface area contributed by atoms with Crippen molar-refractivity contribution in [2.24, 2.45) is 11.7 Å². The zero-order valence-electron chi connectivity index (χ0n) is 13.7. The number of hydrogen-bond donors (Lipinski definition) is 2.